The minimum absolute atomic E-state index is 0.0244. The Labute approximate surface area is 147 Å². The highest BCUT2D eigenvalue weighted by molar-refractivity contribution is 7.99. The number of carbonyl (C=O) groups is 1. The Hall–Kier alpha value is -1.81. The Balaban J connectivity index is 1.76. The molecule has 1 atom stereocenters. The van der Waals surface area contributed by atoms with Crippen molar-refractivity contribution in [2.24, 2.45) is 0 Å². The molecule has 1 heterocycles. The van der Waals surface area contributed by atoms with Crippen LogP contribution in [0.25, 0.3) is 0 Å². The van der Waals surface area contributed by atoms with Gasteiger partial charge in [0.25, 0.3) is 5.91 Å². The number of benzene rings is 2. The van der Waals surface area contributed by atoms with Gasteiger partial charge in [0.05, 0.1) is 0 Å². The number of thioether (sulfide) groups is 1. The Morgan fingerprint density at radius 1 is 1.25 bits per heavy atom. The van der Waals surface area contributed by atoms with Crippen LogP contribution in [0.15, 0.2) is 48.5 Å². The van der Waals surface area contributed by atoms with E-state index in [1.54, 1.807) is 17.8 Å². The van der Waals surface area contributed by atoms with Crippen molar-refractivity contribution in [3.63, 3.8) is 0 Å². The van der Waals surface area contributed by atoms with Crippen LogP contribution in [0.5, 0.6) is 0 Å². The molecule has 4 heteroatoms. The van der Waals surface area contributed by atoms with Crippen LogP contribution in [0.4, 0.5) is 4.39 Å². The summed E-state index contributed by atoms with van der Waals surface area (Å²) in [5.74, 6) is 0.644. The van der Waals surface area contributed by atoms with E-state index >= 15 is 0 Å². The summed E-state index contributed by atoms with van der Waals surface area (Å²) in [6.45, 7) is 2.87. The van der Waals surface area contributed by atoms with Crippen LogP contribution in [0.1, 0.15) is 46.6 Å². The monoisotopic (exact) mass is 343 g/mol. The Morgan fingerprint density at radius 3 is 2.75 bits per heavy atom. The summed E-state index contributed by atoms with van der Waals surface area (Å²) in [6, 6.07) is 14.5. The first-order valence-corrected chi connectivity index (χ1v) is 9.51. The second-order valence-electron chi connectivity index (χ2n) is 6.08. The van der Waals surface area contributed by atoms with Crippen molar-refractivity contribution in [1.82, 2.24) is 4.90 Å². The number of aryl methyl sites for hydroxylation is 1. The van der Waals surface area contributed by atoms with E-state index in [1.807, 2.05) is 35.2 Å². The standard InChI is InChI=1S/C20H22FNOS/c1-2-3-5-15-8-10-16(11-9-15)19(23)22-12-13-24-20(22)17-6-4-7-18(21)14-17/h4,6-11,14,20H,2-3,5,12-13H2,1H3/t20-/m1/s1. The van der Waals surface area contributed by atoms with Gasteiger partial charge in [-0.15, -0.1) is 11.8 Å². The molecule has 126 valence electrons. The zero-order chi connectivity index (χ0) is 16.9. The van der Waals surface area contributed by atoms with Gasteiger partial charge < -0.3 is 4.90 Å². The van der Waals surface area contributed by atoms with E-state index in [-0.39, 0.29) is 17.1 Å². The van der Waals surface area contributed by atoms with Crippen molar-refractivity contribution in [2.45, 2.75) is 31.6 Å². The smallest absolute Gasteiger partial charge is 0.255 e. The number of hydrogen-bond donors (Lipinski definition) is 0. The number of rotatable bonds is 5. The van der Waals surface area contributed by atoms with Gasteiger partial charge in [0, 0.05) is 17.9 Å². The number of hydrogen-bond acceptors (Lipinski definition) is 2. The van der Waals surface area contributed by atoms with E-state index in [4.69, 9.17) is 0 Å². The normalized spacial score (nSPS) is 17.2. The summed E-state index contributed by atoms with van der Waals surface area (Å²) in [5, 5.41) is -0.104. The fourth-order valence-corrected chi connectivity index (χ4v) is 4.22. The van der Waals surface area contributed by atoms with Crippen molar-refractivity contribution in [3.05, 3.63) is 71.0 Å². The third kappa shape index (κ3) is 3.81. The first-order chi connectivity index (χ1) is 11.7. The molecular weight excluding hydrogens is 321 g/mol. The van der Waals surface area contributed by atoms with Crippen LogP contribution in [-0.4, -0.2) is 23.1 Å². The molecule has 0 radical (unpaired) electrons. The van der Waals surface area contributed by atoms with E-state index in [0.717, 1.165) is 24.2 Å². The summed E-state index contributed by atoms with van der Waals surface area (Å²) < 4.78 is 13.5. The molecule has 2 aromatic rings. The summed E-state index contributed by atoms with van der Waals surface area (Å²) in [6.07, 6.45) is 3.38. The summed E-state index contributed by atoms with van der Waals surface area (Å²) in [5.41, 5.74) is 2.83. The highest BCUT2D eigenvalue weighted by Gasteiger charge is 2.31. The molecule has 0 saturated carbocycles. The molecule has 1 aliphatic rings. The van der Waals surface area contributed by atoms with E-state index in [1.165, 1.54) is 24.1 Å². The molecule has 0 aromatic heterocycles. The van der Waals surface area contributed by atoms with E-state index in [9.17, 15) is 9.18 Å². The van der Waals surface area contributed by atoms with Gasteiger partial charge in [-0.05, 0) is 48.2 Å². The van der Waals surface area contributed by atoms with Crippen molar-refractivity contribution < 1.29 is 9.18 Å². The number of halogens is 1. The zero-order valence-corrected chi connectivity index (χ0v) is 14.7. The van der Waals surface area contributed by atoms with E-state index in [2.05, 4.69) is 6.92 Å². The zero-order valence-electron chi connectivity index (χ0n) is 13.9. The minimum atomic E-state index is -0.257. The lowest BCUT2D eigenvalue weighted by Crippen LogP contribution is -2.30. The van der Waals surface area contributed by atoms with Crippen molar-refractivity contribution in [3.8, 4) is 0 Å². The third-order valence-electron chi connectivity index (χ3n) is 4.31. The van der Waals surface area contributed by atoms with Gasteiger partial charge >= 0.3 is 0 Å². The fraction of sp³-hybridized carbons (Fsp3) is 0.350. The Bertz CT molecular complexity index is 701. The topological polar surface area (TPSA) is 20.3 Å². The molecule has 3 rings (SSSR count). The number of nitrogens with zero attached hydrogens (tertiary/aromatic N) is 1. The highest BCUT2D eigenvalue weighted by Crippen LogP contribution is 2.38. The van der Waals surface area contributed by atoms with Crippen molar-refractivity contribution in [2.75, 3.05) is 12.3 Å². The summed E-state index contributed by atoms with van der Waals surface area (Å²) in [4.78, 5) is 14.7. The van der Waals surface area contributed by atoms with Crippen molar-refractivity contribution >= 4 is 17.7 Å². The van der Waals surface area contributed by atoms with Gasteiger partial charge in [0.15, 0.2) is 0 Å². The largest absolute Gasteiger partial charge is 0.322 e. The fourth-order valence-electron chi connectivity index (χ4n) is 2.98. The lowest BCUT2D eigenvalue weighted by atomic mass is 10.1. The highest BCUT2D eigenvalue weighted by atomic mass is 32.2. The third-order valence-corrected chi connectivity index (χ3v) is 5.57. The quantitative estimate of drug-likeness (QED) is 0.756. The maximum Gasteiger partial charge on any atom is 0.255 e. The van der Waals surface area contributed by atoms with E-state index in [0.29, 0.717) is 12.1 Å². The van der Waals surface area contributed by atoms with Gasteiger partial charge in [-0.25, -0.2) is 4.39 Å². The lowest BCUT2D eigenvalue weighted by molar-refractivity contribution is 0.0760. The molecule has 0 unspecified atom stereocenters. The van der Waals surface area contributed by atoms with Crippen molar-refractivity contribution in [1.29, 1.82) is 0 Å². The minimum Gasteiger partial charge on any atom is -0.322 e. The lowest BCUT2D eigenvalue weighted by Gasteiger charge is -2.24. The summed E-state index contributed by atoms with van der Waals surface area (Å²) in [7, 11) is 0. The average molecular weight is 343 g/mol. The van der Waals surface area contributed by atoms with E-state index < -0.39 is 0 Å². The second-order valence-corrected chi connectivity index (χ2v) is 7.27. The predicted molar refractivity (Wildman–Crippen MR) is 97.7 cm³/mol. The maximum absolute atomic E-state index is 13.5. The molecule has 24 heavy (non-hydrogen) atoms. The van der Waals surface area contributed by atoms with Gasteiger partial charge in [0.1, 0.15) is 11.2 Å². The molecule has 1 saturated heterocycles. The molecule has 1 aliphatic heterocycles. The van der Waals surface area contributed by atoms with Crippen LogP contribution < -0.4 is 0 Å². The summed E-state index contributed by atoms with van der Waals surface area (Å²) >= 11 is 1.69. The molecular formula is C20H22FNOS. The average Bonchev–Trinajstić information content (AvgIpc) is 3.09. The first-order valence-electron chi connectivity index (χ1n) is 8.46. The molecule has 0 N–H and O–H groups in total. The number of unbranched alkanes of at least 4 members (excludes halogenated alkanes) is 1. The van der Waals surface area contributed by atoms with Crippen LogP contribution in [0.3, 0.4) is 0 Å². The second kappa shape index (κ2) is 7.84. The van der Waals surface area contributed by atoms with Gasteiger partial charge in [-0.3, -0.25) is 4.79 Å². The van der Waals surface area contributed by atoms with Gasteiger partial charge in [-0.2, -0.15) is 0 Å². The van der Waals surface area contributed by atoms with Gasteiger partial charge in [0.2, 0.25) is 0 Å². The molecule has 0 aliphatic carbocycles. The molecule has 0 spiro atoms. The Morgan fingerprint density at radius 2 is 2.04 bits per heavy atom. The maximum atomic E-state index is 13.5. The van der Waals surface area contributed by atoms with Crippen LogP contribution in [-0.2, 0) is 6.42 Å². The number of amides is 1. The number of carbonyl (C=O) groups excluding carboxylic acids is 1. The SMILES string of the molecule is CCCCc1ccc(C(=O)N2CCS[C@@H]2c2cccc(F)c2)cc1. The first kappa shape index (κ1) is 17.0. The molecule has 2 aromatic carbocycles. The Kier molecular flexibility index (Phi) is 5.56. The van der Waals surface area contributed by atoms with Gasteiger partial charge in [-0.1, -0.05) is 37.6 Å². The molecule has 1 fully saturated rings. The van der Waals surface area contributed by atoms with Crippen LogP contribution >= 0.6 is 11.8 Å². The predicted octanol–water partition coefficient (Wildman–Crippen LogP) is 5.06. The molecule has 2 nitrogen and oxygen atoms in total. The van der Waals surface area contributed by atoms with Crippen LogP contribution in [0, 0.1) is 5.82 Å². The van der Waals surface area contributed by atoms with Crippen LogP contribution in [0.2, 0.25) is 0 Å². The molecule has 0 bridgehead atoms. The molecule has 1 amide bonds.